The Morgan fingerprint density at radius 3 is 2.48 bits per heavy atom. The first-order valence-corrected chi connectivity index (χ1v) is 9.84. The molecule has 5 rings (SSSR count). The number of aryl methyl sites for hydroxylation is 1. The van der Waals surface area contributed by atoms with Gasteiger partial charge in [-0.05, 0) is 24.6 Å². The molecule has 5 aromatic rings. The summed E-state index contributed by atoms with van der Waals surface area (Å²) in [6.07, 6.45) is 3.46. The summed E-state index contributed by atoms with van der Waals surface area (Å²) < 4.78 is 3.38. The van der Waals surface area contributed by atoms with Crippen LogP contribution in [0.1, 0.15) is 11.3 Å². The minimum Gasteiger partial charge on any atom is -0.310 e. The molecule has 31 heavy (non-hydrogen) atoms. The summed E-state index contributed by atoms with van der Waals surface area (Å²) in [6, 6.07) is 21.2. The number of aromatic nitrogens is 6. The van der Waals surface area contributed by atoms with E-state index in [0.717, 1.165) is 22.3 Å². The van der Waals surface area contributed by atoms with Crippen LogP contribution in [0.2, 0.25) is 0 Å². The average Bonchev–Trinajstić information content (AvgIpc) is 3.38. The molecule has 0 bridgehead atoms. The SMILES string of the molecule is Cc1cc(NC(=O)Cc2ccccc2)n(-c2ncnc3c2cnn3-c2ccccc2)n1. The highest BCUT2D eigenvalue weighted by Crippen LogP contribution is 2.24. The van der Waals surface area contributed by atoms with Crippen LogP contribution in [0.3, 0.4) is 0 Å². The van der Waals surface area contributed by atoms with Crippen molar-refractivity contribution >= 4 is 22.8 Å². The fourth-order valence-corrected chi connectivity index (χ4v) is 3.48. The van der Waals surface area contributed by atoms with Crippen molar-refractivity contribution in [2.24, 2.45) is 0 Å². The van der Waals surface area contributed by atoms with Crippen LogP contribution in [0, 0.1) is 6.92 Å². The summed E-state index contributed by atoms with van der Waals surface area (Å²) >= 11 is 0. The zero-order valence-corrected chi connectivity index (χ0v) is 16.8. The number of hydrogen-bond acceptors (Lipinski definition) is 5. The number of amides is 1. The Kier molecular flexibility index (Phi) is 4.72. The van der Waals surface area contributed by atoms with Crippen molar-refractivity contribution < 1.29 is 4.79 Å². The van der Waals surface area contributed by atoms with Crippen molar-refractivity contribution in [3.05, 3.63) is 90.5 Å². The van der Waals surface area contributed by atoms with Gasteiger partial charge in [0.05, 0.1) is 29.4 Å². The molecule has 8 nitrogen and oxygen atoms in total. The van der Waals surface area contributed by atoms with Gasteiger partial charge in [-0.15, -0.1) is 0 Å². The van der Waals surface area contributed by atoms with E-state index in [1.165, 1.54) is 6.33 Å². The van der Waals surface area contributed by atoms with E-state index < -0.39 is 0 Å². The highest BCUT2D eigenvalue weighted by Gasteiger charge is 2.17. The van der Waals surface area contributed by atoms with Gasteiger partial charge in [0.15, 0.2) is 11.5 Å². The van der Waals surface area contributed by atoms with Crippen LogP contribution in [-0.2, 0) is 11.2 Å². The second kappa shape index (κ2) is 7.83. The first-order valence-electron chi connectivity index (χ1n) is 9.84. The summed E-state index contributed by atoms with van der Waals surface area (Å²) in [5, 5.41) is 12.7. The lowest BCUT2D eigenvalue weighted by Gasteiger charge is -2.09. The molecule has 8 heteroatoms. The third kappa shape index (κ3) is 3.66. The topological polar surface area (TPSA) is 90.5 Å². The van der Waals surface area contributed by atoms with E-state index in [2.05, 4.69) is 25.5 Å². The van der Waals surface area contributed by atoms with Crippen molar-refractivity contribution in [2.45, 2.75) is 13.3 Å². The summed E-state index contributed by atoms with van der Waals surface area (Å²) in [4.78, 5) is 21.5. The lowest BCUT2D eigenvalue weighted by Crippen LogP contribution is -2.17. The molecule has 0 aliphatic rings. The second-order valence-corrected chi connectivity index (χ2v) is 7.12. The van der Waals surface area contributed by atoms with Crippen molar-refractivity contribution in [3.8, 4) is 11.5 Å². The third-order valence-corrected chi connectivity index (χ3v) is 4.85. The third-order valence-electron chi connectivity index (χ3n) is 4.85. The summed E-state index contributed by atoms with van der Waals surface area (Å²) in [7, 11) is 0. The monoisotopic (exact) mass is 409 g/mol. The van der Waals surface area contributed by atoms with Crippen LogP contribution in [0.25, 0.3) is 22.5 Å². The Bertz CT molecular complexity index is 1360. The molecule has 0 saturated heterocycles. The van der Waals surface area contributed by atoms with Gasteiger partial charge in [-0.1, -0.05) is 48.5 Å². The van der Waals surface area contributed by atoms with Gasteiger partial charge in [-0.3, -0.25) is 4.79 Å². The first kappa shape index (κ1) is 18.7. The van der Waals surface area contributed by atoms with E-state index in [0.29, 0.717) is 17.3 Å². The van der Waals surface area contributed by atoms with Gasteiger partial charge in [-0.2, -0.15) is 14.9 Å². The first-order chi connectivity index (χ1) is 15.2. The molecule has 3 heterocycles. The fraction of sp³-hybridized carbons (Fsp3) is 0.0870. The van der Waals surface area contributed by atoms with Crippen molar-refractivity contribution in [1.82, 2.24) is 29.5 Å². The molecular weight excluding hydrogens is 390 g/mol. The predicted octanol–water partition coefficient (Wildman–Crippen LogP) is 3.49. The molecule has 0 fully saturated rings. The maximum absolute atomic E-state index is 12.6. The maximum Gasteiger partial charge on any atom is 0.229 e. The quantitative estimate of drug-likeness (QED) is 0.480. The number of nitrogens with zero attached hydrogens (tertiary/aromatic N) is 6. The molecule has 0 aliphatic carbocycles. The predicted molar refractivity (Wildman–Crippen MR) is 117 cm³/mol. The number of nitrogens with one attached hydrogen (secondary N) is 1. The average molecular weight is 409 g/mol. The largest absolute Gasteiger partial charge is 0.310 e. The van der Waals surface area contributed by atoms with Crippen LogP contribution >= 0.6 is 0 Å². The number of rotatable bonds is 5. The summed E-state index contributed by atoms with van der Waals surface area (Å²) in [5.41, 5.74) is 3.26. The fourth-order valence-electron chi connectivity index (χ4n) is 3.48. The molecule has 2 aromatic carbocycles. The minimum absolute atomic E-state index is 0.127. The van der Waals surface area contributed by atoms with Crippen molar-refractivity contribution in [3.63, 3.8) is 0 Å². The highest BCUT2D eigenvalue weighted by atomic mass is 16.1. The smallest absolute Gasteiger partial charge is 0.229 e. The molecule has 0 radical (unpaired) electrons. The number of fused-ring (bicyclic) bond motifs is 1. The van der Waals surface area contributed by atoms with E-state index in [1.54, 1.807) is 15.6 Å². The number of carbonyl (C=O) groups is 1. The lowest BCUT2D eigenvalue weighted by atomic mass is 10.1. The van der Waals surface area contributed by atoms with Crippen molar-refractivity contribution in [2.75, 3.05) is 5.32 Å². The molecular formula is C23H19N7O. The summed E-state index contributed by atoms with van der Waals surface area (Å²) in [6.45, 7) is 1.87. The van der Waals surface area contributed by atoms with Crippen LogP contribution < -0.4 is 5.32 Å². The minimum atomic E-state index is -0.127. The standard InChI is InChI=1S/C23H19N7O/c1-16-12-20(27-21(31)13-17-8-4-2-5-9-17)30(28-16)23-19-14-26-29(22(19)24-15-25-23)18-10-6-3-7-11-18/h2-12,14-15H,13H2,1H3,(H,27,31). The van der Waals surface area contributed by atoms with Gasteiger partial charge in [0.25, 0.3) is 0 Å². The Labute approximate surface area is 178 Å². The van der Waals surface area contributed by atoms with Gasteiger partial charge in [0.2, 0.25) is 5.91 Å². The van der Waals surface area contributed by atoms with Crippen LogP contribution in [0.15, 0.2) is 79.3 Å². The zero-order chi connectivity index (χ0) is 21.2. The molecule has 1 N–H and O–H groups in total. The van der Waals surface area contributed by atoms with Crippen LogP contribution in [0.5, 0.6) is 0 Å². The van der Waals surface area contributed by atoms with E-state index in [1.807, 2.05) is 73.7 Å². The van der Waals surface area contributed by atoms with Gasteiger partial charge in [-0.25, -0.2) is 14.6 Å². The maximum atomic E-state index is 12.6. The number of para-hydroxylation sites is 1. The van der Waals surface area contributed by atoms with Gasteiger partial charge >= 0.3 is 0 Å². The Morgan fingerprint density at radius 2 is 1.71 bits per heavy atom. The second-order valence-electron chi connectivity index (χ2n) is 7.12. The van der Waals surface area contributed by atoms with Crippen LogP contribution in [0.4, 0.5) is 5.82 Å². The zero-order valence-electron chi connectivity index (χ0n) is 16.8. The highest BCUT2D eigenvalue weighted by molar-refractivity contribution is 5.92. The summed E-state index contributed by atoms with van der Waals surface area (Å²) in [5.74, 6) is 0.971. The van der Waals surface area contributed by atoms with Gasteiger partial charge in [0, 0.05) is 6.07 Å². The number of hydrogen-bond donors (Lipinski definition) is 1. The Morgan fingerprint density at radius 1 is 0.968 bits per heavy atom. The normalized spacial score (nSPS) is 11.0. The molecule has 152 valence electrons. The molecule has 0 saturated carbocycles. The van der Waals surface area contributed by atoms with Gasteiger partial charge in [0.1, 0.15) is 12.1 Å². The van der Waals surface area contributed by atoms with E-state index in [-0.39, 0.29) is 12.3 Å². The molecule has 1 amide bonds. The van der Waals surface area contributed by atoms with E-state index in [4.69, 9.17) is 0 Å². The Hall–Kier alpha value is -4.33. The lowest BCUT2D eigenvalue weighted by molar-refractivity contribution is -0.115. The Balaban J connectivity index is 1.51. The van der Waals surface area contributed by atoms with Crippen molar-refractivity contribution in [1.29, 1.82) is 0 Å². The number of benzene rings is 2. The van der Waals surface area contributed by atoms with E-state index >= 15 is 0 Å². The molecule has 0 atom stereocenters. The van der Waals surface area contributed by atoms with E-state index in [9.17, 15) is 4.79 Å². The van der Waals surface area contributed by atoms with Crippen LogP contribution in [-0.4, -0.2) is 35.4 Å². The molecule has 3 aromatic heterocycles. The van der Waals surface area contributed by atoms with Gasteiger partial charge < -0.3 is 5.32 Å². The number of carbonyl (C=O) groups excluding carboxylic acids is 1. The molecule has 0 aliphatic heterocycles. The number of anilines is 1. The molecule has 0 spiro atoms. The molecule has 0 unspecified atom stereocenters.